The number of rotatable bonds is 2. The Morgan fingerprint density at radius 2 is 2.11 bits per heavy atom. The Bertz CT molecular complexity index is 608. The Morgan fingerprint density at radius 3 is 2.72 bits per heavy atom. The molecule has 0 saturated heterocycles. The number of nitrogen functional groups attached to an aromatic ring is 2. The van der Waals surface area contributed by atoms with Gasteiger partial charge in [-0.3, -0.25) is 5.10 Å². The van der Waals surface area contributed by atoms with E-state index in [2.05, 4.69) is 20.2 Å². The molecule has 0 aliphatic heterocycles. The molecule has 2 aromatic rings. The van der Waals surface area contributed by atoms with Crippen molar-refractivity contribution in [3.63, 3.8) is 0 Å². The molecule has 1 fully saturated rings. The summed E-state index contributed by atoms with van der Waals surface area (Å²) in [7, 11) is 0. The Morgan fingerprint density at radius 1 is 1.39 bits per heavy atom. The summed E-state index contributed by atoms with van der Waals surface area (Å²) >= 11 is 0. The Balaban J connectivity index is 1.94. The number of H-pyrrole nitrogens is 1. The first kappa shape index (κ1) is 10.9. The van der Waals surface area contributed by atoms with Gasteiger partial charge in [-0.25, -0.2) is 13.8 Å². The molecular formula is C10H10F2N6. The van der Waals surface area contributed by atoms with Crippen LogP contribution in [-0.4, -0.2) is 26.1 Å². The lowest BCUT2D eigenvalue weighted by Gasteiger charge is -2.00. The molecule has 0 aromatic carbocycles. The first-order chi connectivity index (χ1) is 8.47. The molecule has 6 nitrogen and oxygen atoms in total. The van der Waals surface area contributed by atoms with Crippen molar-refractivity contribution in [1.82, 2.24) is 20.2 Å². The molecule has 0 bridgehead atoms. The molecule has 94 valence electrons. The van der Waals surface area contributed by atoms with Crippen molar-refractivity contribution in [2.75, 3.05) is 11.5 Å². The van der Waals surface area contributed by atoms with Gasteiger partial charge in [-0.15, -0.1) is 0 Å². The van der Waals surface area contributed by atoms with Crippen LogP contribution in [0.1, 0.15) is 18.0 Å². The highest BCUT2D eigenvalue weighted by molar-refractivity contribution is 5.70. The van der Waals surface area contributed by atoms with Crippen LogP contribution in [-0.2, 0) is 0 Å². The lowest BCUT2D eigenvalue weighted by molar-refractivity contribution is 0.111. The number of halogens is 2. The van der Waals surface area contributed by atoms with Crippen LogP contribution in [0, 0.1) is 0 Å². The number of alkyl halides is 2. The van der Waals surface area contributed by atoms with Crippen molar-refractivity contribution in [1.29, 1.82) is 0 Å². The normalized spacial score (nSPS) is 20.9. The summed E-state index contributed by atoms with van der Waals surface area (Å²) in [6.45, 7) is 0. The molecule has 2 heterocycles. The molecule has 0 radical (unpaired) electrons. The topological polar surface area (TPSA) is 106 Å². The average Bonchev–Trinajstić information content (AvgIpc) is 2.74. The zero-order valence-corrected chi connectivity index (χ0v) is 9.19. The van der Waals surface area contributed by atoms with E-state index in [1.54, 1.807) is 0 Å². The van der Waals surface area contributed by atoms with E-state index >= 15 is 0 Å². The van der Waals surface area contributed by atoms with Gasteiger partial charge in [-0.2, -0.15) is 10.1 Å². The number of nitrogens with zero attached hydrogens (tertiary/aromatic N) is 3. The minimum Gasteiger partial charge on any atom is -0.383 e. The van der Waals surface area contributed by atoms with E-state index in [0.29, 0.717) is 17.0 Å². The number of nitrogens with one attached hydrogen (secondary N) is 1. The summed E-state index contributed by atoms with van der Waals surface area (Å²) in [5, 5.41) is 6.54. The van der Waals surface area contributed by atoms with Gasteiger partial charge >= 0.3 is 0 Å². The zero-order chi connectivity index (χ0) is 12.9. The summed E-state index contributed by atoms with van der Waals surface area (Å²) in [6, 6.07) is 1.54. The fourth-order valence-electron chi connectivity index (χ4n) is 1.81. The van der Waals surface area contributed by atoms with Gasteiger partial charge in [-0.05, 0) is 6.07 Å². The van der Waals surface area contributed by atoms with E-state index in [1.807, 2.05) is 0 Å². The van der Waals surface area contributed by atoms with Crippen molar-refractivity contribution in [2.24, 2.45) is 0 Å². The van der Waals surface area contributed by atoms with Crippen LogP contribution >= 0.6 is 0 Å². The van der Waals surface area contributed by atoms with Gasteiger partial charge in [0.25, 0.3) is 5.92 Å². The largest absolute Gasteiger partial charge is 0.383 e. The monoisotopic (exact) mass is 252 g/mol. The summed E-state index contributed by atoms with van der Waals surface area (Å²) in [6.07, 6.45) is 1.27. The number of anilines is 2. The van der Waals surface area contributed by atoms with Crippen LogP contribution in [0.25, 0.3) is 11.3 Å². The van der Waals surface area contributed by atoms with Crippen molar-refractivity contribution in [3.05, 3.63) is 18.0 Å². The molecule has 8 heteroatoms. The third kappa shape index (κ3) is 1.66. The molecule has 18 heavy (non-hydrogen) atoms. The van der Waals surface area contributed by atoms with E-state index in [-0.39, 0.29) is 18.2 Å². The maximum atomic E-state index is 12.9. The molecule has 0 unspecified atom stereocenters. The maximum Gasteiger partial charge on any atom is 0.257 e. The quantitative estimate of drug-likeness (QED) is 0.743. The van der Waals surface area contributed by atoms with E-state index in [9.17, 15) is 8.78 Å². The second-order valence-electron chi connectivity index (χ2n) is 4.25. The van der Waals surface area contributed by atoms with Gasteiger partial charge in [-0.1, -0.05) is 0 Å². The number of hydrogen-bond donors (Lipinski definition) is 3. The fourth-order valence-corrected chi connectivity index (χ4v) is 1.81. The molecule has 2 aromatic heterocycles. The fraction of sp³-hybridized carbons (Fsp3) is 0.300. The smallest absolute Gasteiger partial charge is 0.257 e. The average molecular weight is 252 g/mol. The van der Waals surface area contributed by atoms with Crippen LogP contribution in [0.3, 0.4) is 0 Å². The van der Waals surface area contributed by atoms with Crippen molar-refractivity contribution in [2.45, 2.75) is 18.3 Å². The molecule has 3 rings (SSSR count). The van der Waals surface area contributed by atoms with Gasteiger partial charge in [0.05, 0.1) is 17.2 Å². The maximum absolute atomic E-state index is 12.9. The second kappa shape index (κ2) is 3.37. The lowest BCUT2D eigenvalue weighted by Crippen LogP contribution is -2.01. The van der Waals surface area contributed by atoms with Crippen molar-refractivity contribution < 1.29 is 8.78 Å². The number of hydrogen-bond acceptors (Lipinski definition) is 5. The van der Waals surface area contributed by atoms with Gasteiger partial charge in [0.15, 0.2) is 0 Å². The molecular weight excluding hydrogens is 242 g/mol. The SMILES string of the molecule is Nc1ncc(-c2cc([C@@H]3CC3(F)F)[nH]n2)c(N)n1. The van der Waals surface area contributed by atoms with E-state index < -0.39 is 11.8 Å². The first-order valence-corrected chi connectivity index (χ1v) is 5.29. The highest BCUT2D eigenvalue weighted by Gasteiger charge is 2.58. The van der Waals surface area contributed by atoms with Crippen molar-refractivity contribution >= 4 is 11.8 Å². The van der Waals surface area contributed by atoms with Crippen LogP contribution in [0.15, 0.2) is 12.3 Å². The van der Waals surface area contributed by atoms with Gasteiger partial charge in [0.2, 0.25) is 5.95 Å². The molecule has 0 amide bonds. The molecule has 5 N–H and O–H groups in total. The van der Waals surface area contributed by atoms with Gasteiger partial charge < -0.3 is 11.5 Å². The standard InChI is InChI=1S/C10H10F2N6/c11-10(12)2-5(10)7-1-6(17-18-7)4-3-15-9(14)16-8(4)13/h1,3,5H,2H2,(H,17,18)(H4,13,14,15,16)/t5-/m0/s1. The number of aromatic nitrogens is 4. The Kier molecular flexibility index (Phi) is 2.04. The summed E-state index contributed by atoms with van der Waals surface area (Å²) < 4.78 is 25.8. The van der Waals surface area contributed by atoms with E-state index in [0.717, 1.165) is 0 Å². The zero-order valence-electron chi connectivity index (χ0n) is 9.19. The van der Waals surface area contributed by atoms with Gasteiger partial charge in [0, 0.05) is 18.3 Å². The summed E-state index contributed by atoms with van der Waals surface area (Å²) in [4.78, 5) is 7.59. The van der Waals surface area contributed by atoms with Crippen LogP contribution in [0.2, 0.25) is 0 Å². The highest BCUT2D eigenvalue weighted by atomic mass is 19.3. The molecule has 1 atom stereocenters. The van der Waals surface area contributed by atoms with Gasteiger partial charge in [0.1, 0.15) is 5.82 Å². The minimum absolute atomic E-state index is 0.0562. The molecule has 0 spiro atoms. The predicted octanol–water partition coefficient (Wildman–Crippen LogP) is 1.15. The Labute approximate surface area is 100 Å². The van der Waals surface area contributed by atoms with Crippen LogP contribution in [0.4, 0.5) is 20.5 Å². The lowest BCUT2D eigenvalue weighted by atomic mass is 10.2. The first-order valence-electron chi connectivity index (χ1n) is 5.29. The third-order valence-electron chi connectivity index (χ3n) is 2.91. The number of nitrogens with two attached hydrogens (primary N) is 2. The van der Waals surface area contributed by atoms with Crippen LogP contribution in [0.5, 0.6) is 0 Å². The van der Waals surface area contributed by atoms with E-state index in [4.69, 9.17) is 11.5 Å². The van der Waals surface area contributed by atoms with Crippen molar-refractivity contribution in [3.8, 4) is 11.3 Å². The van der Waals surface area contributed by atoms with E-state index in [1.165, 1.54) is 12.3 Å². The highest BCUT2D eigenvalue weighted by Crippen LogP contribution is 2.55. The second-order valence-corrected chi connectivity index (χ2v) is 4.25. The summed E-state index contributed by atoms with van der Waals surface area (Å²) in [5.74, 6) is -3.19. The molecule has 1 aliphatic rings. The van der Waals surface area contributed by atoms with Crippen LogP contribution < -0.4 is 11.5 Å². The predicted molar refractivity (Wildman–Crippen MR) is 60.7 cm³/mol. The minimum atomic E-state index is -2.63. The Hall–Kier alpha value is -2.25. The summed E-state index contributed by atoms with van der Waals surface area (Å²) in [5.41, 5.74) is 12.3. The molecule has 1 saturated carbocycles. The number of aromatic amines is 1. The molecule has 1 aliphatic carbocycles. The third-order valence-corrected chi connectivity index (χ3v) is 2.91.